The van der Waals surface area contributed by atoms with Crippen molar-refractivity contribution in [1.82, 2.24) is 28.6 Å². The molecule has 9 nitrogen and oxygen atoms in total. The van der Waals surface area contributed by atoms with Gasteiger partial charge in [-0.2, -0.15) is 0 Å². The minimum Gasteiger partial charge on any atom is -0.477 e. The van der Waals surface area contributed by atoms with Crippen molar-refractivity contribution >= 4 is 17.1 Å². The molecule has 31 heavy (non-hydrogen) atoms. The van der Waals surface area contributed by atoms with E-state index in [2.05, 4.69) is 14.9 Å². The summed E-state index contributed by atoms with van der Waals surface area (Å²) in [7, 11) is 1.71. The van der Waals surface area contributed by atoms with E-state index in [0.717, 1.165) is 24.2 Å². The third-order valence-corrected chi connectivity index (χ3v) is 5.93. The largest absolute Gasteiger partial charge is 0.477 e. The van der Waals surface area contributed by atoms with E-state index in [0.29, 0.717) is 24.6 Å². The highest BCUT2D eigenvalue weighted by molar-refractivity contribution is 5.85. The van der Waals surface area contributed by atoms with Crippen LogP contribution in [0.5, 0.6) is 0 Å². The van der Waals surface area contributed by atoms with E-state index in [1.807, 2.05) is 42.5 Å². The first-order valence-electron chi connectivity index (χ1n) is 10.1. The summed E-state index contributed by atoms with van der Waals surface area (Å²) in [6, 6.07) is 13.3. The molecule has 0 saturated carbocycles. The van der Waals surface area contributed by atoms with Crippen LogP contribution in [0.25, 0.3) is 16.9 Å². The monoisotopic (exact) mass is 418 g/mol. The fourth-order valence-electron chi connectivity index (χ4n) is 4.37. The summed E-state index contributed by atoms with van der Waals surface area (Å²) < 4.78 is 5.11. The average Bonchev–Trinajstić information content (AvgIpc) is 3.45. The molecule has 0 amide bonds. The van der Waals surface area contributed by atoms with Gasteiger partial charge in [-0.25, -0.2) is 19.6 Å². The van der Waals surface area contributed by atoms with Crippen LogP contribution in [0.3, 0.4) is 0 Å². The van der Waals surface area contributed by atoms with E-state index < -0.39 is 5.97 Å². The fraction of sp³-hybridized carbons (Fsp3) is 0.273. The van der Waals surface area contributed by atoms with Gasteiger partial charge in [-0.15, -0.1) is 0 Å². The molecule has 0 unspecified atom stereocenters. The Balaban J connectivity index is 1.47. The average molecular weight is 418 g/mol. The lowest BCUT2D eigenvalue weighted by Gasteiger charge is -2.16. The second kappa shape index (κ2) is 7.51. The van der Waals surface area contributed by atoms with Crippen LogP contribution in [-0.4, -0.2) is 52.7 Å². The summed E-state index contributed by atoms with van der Waals surface area (Å²) >= 11 is 0. The van der Waals surface area contributed by atoms with Crippen molar-refractivity contribution in [2.75, 3.05) is 13.1 Å². The van der Waals surface area contributed by atoms with Crippen molar-refractivity contribution in [2.24, 2.45) is 7.05 Å². The van der Waals surface area contributed by atoms with Crippen molar-refractivity contribution < 1.29 is 9.90 Å². The molecular formula is C22H22N6O3. The van der Waals surface area contributed by atoms with Gasteiger partial charge in [-0.1, -0.05) is 18.2 Å². The topological polar surface area (TPSA) is 98.2 Å². The molecule has 0 spiro atoms. The van der Waals surface area contributed by atoms with Gasteiger partial charge >= 0.3 is 11.7 Å². The maximum Gasteiger partial charge on any atom is 0.354 e. The molecule has 1 aliphatic rings. The molecule has 0 bridgehead atoms. The van der Waals surface area contributed by atoms with Crippen LogP contribution in [0.2, 0.25) is 0 Å². The lowest BCUT2D eigenvalue weighted by atomic mass is 10.2. The number of benzene rings is 1. The van der Waals surface area contributed by atoms with Crippen LogP contribution in [0.4, 0.5) is 0 Å². The molecule has 1 atom stereocenters. The van der Waals surface area contributed by atoms with E-state index >= 15 is 0 Å². The van der Waals surface area contributed by atoms with Gasteiger partial charge in [0.2, 0.25) is 0 Å². The third-order valence-electron chi connectivity index (χ3n) is 5.93. The summed E-state index contributed by atoms with van der Waals surface area (Å²) in [6.07, 6.45) is 3.90. The number of carboxylic acid groups (broad SMARTS) is 1. The second-order valence-electron chi connectivity index (χ2n) is 7.77. The number of hydrogen-bond acceptors (Lipinski definition) is 5. The van der Waals surface area contributed by atoms with Crippen molar-refractivity contribution in [2.45, 2.75) is 19.0 Å². The Morgan fingerprint density at radius 2 is 1.97 bits per heavy atom. The minimum absolute atomic E-state index is 0.0194. The number of aromatic nitrogens is 5. The van der Waals surface area contributed by atoms with Crippen molar-refractivity contribution in [3.63, 3.8) is 0 Å². The number of fused-ring (bicyclic) bond motifs is 1. The molecular weight excluding hydrogens is 396 g/mol. The molecule has 0 radical (unpaired) electrons. The number of carboxylic acids is 1. The predicted molar refractivity (Wildman–Crippen MR) is 114 cm³/mol. The molecule has 1 N–H and O–H groups in total. The number of rotatable bonds is 5. The first-order valence-corrected chi connectivity index (χ1v) is 10.1. The highest BCUT2D eigenvalue weighted by Gasteiger charge is 2.29. The van der Waals surface area contributed by atoms with Crippen LogP contribution in [0.1, 0.15) is 28.8 Å². The summed E-state index contributed by atoms with van der Waals surface area (Å²) in [5, 5.41) is 9.24. The van der Waals surface area contributed by atoms with Gasteiger partial charge in [0.05, 0.1) is 30.0 Å². The Bertz CT molecular complexity index is 1320. The number of hydrogen-bond donors (Lipinski definition) is 1. The zero-order chi connectivity index (χ0) is 21.5. The maximum atomic E-state index is 13.5. The zero-order valence-electron chi connectivity index (χ0n) is 17.0. The Morgan fingerprint density at radius 3 is 2.71 bits per heavy atom. The molecule has 4 heterocycles. The standard InChI is InChI=1S/C22H22N6O3/c1-25-18(21(29)30)12-24-19(25)14-26-11-9-16(13-26)28-20-17(8-5-10-23-20)27(22(28)31)15-6-3-2-4-7-15/h2-8,10,12,16H,9,11,13-14H2,1H3,(H,29,30)/t16-/m0/s1. The van der Waals surface area contributed by atoms with Gasteiger partial charge in [0, 0.05) is 26.3 Å². The molecule has 1 saturated heterocycles. The van der Waals surface area contributed by atoms with Crippen LogP contribution in [0.15, 0.2) is 59.7 Å². The van der Waals surface area contributed by atoms with E-state index in [9.17, 15) is 14.7 Å². The van der Waals surface area contributed by atoms with Gasteiger partial charge in [0.15, 0.2) is 5.65 Å². The number of carbonyl (C=O) groups is 1. The normalized spacial score (nSPS) is 16.9. The SMILES string of the molecule is Cn1c(C(=O)O)cnc1CN1CC[C@H](n2c(=O)n(-c3ccccc3)c3cccnc32)C1. The number of likely N-dealkylation sites (tertiary alicyclic amines) is 1. The van der Waals surface area contributed by atoms with Crippen molar-refractivity contribution in [3.8, 4) is 5.69 Å². The van der Waals surface area contributed by atoms with Gasteiger partial charge < -0.3 is 9.67 Å². The van der Waals surface area contributed by atoms with Gasteiger partial charge in [0.25, 0.3) is 0 Å². The molecule has 1 fully saturated rings. The van der Waals surface area contributed by atoms with E-state index in [1.54, 1.807) is 26.9 Å². The number of aromatic carboxylic acids is 1. The first-order chi connectivity index (χ1) is 15.0. The fourth-order valence-corrected chi connectivity index (χ4v) is 4.37. The molecule has 5 rings (SSSR count). The summed E-state index contributed by atoms with van der Waals surface area (Å²) in [5.41, 5.74) is 2.34. The lowest BCUT2D eigenvalue weighted by molar-refractivity contribution is 0.0686. The van der Waals surface area contributed by atoms with Gasteiger partial charge in [-0.05, 0) is 30.7 Å². The Kier molecular flexibility index (Phi) is 4.67. The maximum absolute atomic E-state index is 13.5. The molecule has 9 heteroatoms. The summed E-state index contributed by atoms with van der Waals surface area (Å²) in [5.74, 6) is -0.304. The first kappa shape index (κ1) is 19.3. The summed E-state index contributed by atoms with van der Waals surface area (Å²) in [6.45, 7) is 1.98. The van der Waals surface area contributed by atoms with Gasteiger partial charge in [0.1, 0.15) is 11.5 Å². The lowest BCUT2D eigenvalue weighted by Crippen LogP contribution is -2.29. The predicted octanol–water partition coefficient (Wildman–Crippen LogP) is 2.07. The quantitative estimate of drug-likeness (QED) is 0.533. The zero-order valence-corrected chi connectivity index (χ0v) is 17.0. The van der Waals surface area contributed by atoms with Gasteiger partial charge in [-0.3, -0.25) is 14.0 Å². The minimum atomic E-state index is -0.994. The van der Waals surface area contributed by atoms with Crippen LogP contribution < -0.4 is 5.69 Å². The highest BCUT2D eigenvalue weighted by atomic mass is 16.4. The highest BCUT2D eigenvalue weighted by Crippen LogP contribution is 2.26. The molecule has 1 aromatic carbocycles. The molecule has 0 aliphatic carbocycles. The van der Waals surface area contributed by atoms with Crippen molar-refractivity contribution in [3.05, 3.63) is 76.9 Å². The van der Waals surface area contributed by atoms with E-state index in [4.69, 9.17) is 0 Å². The summed E-state index contributed by atoms with van der Waals surface area (Å²) in [4.78, 5) is 35.7. The van der Waals surface area contributed by atoms with Crippen LogP contribution in [0, 0.1) is 0 Å². The molecule has 3 aromatic heterocycles. The third kappa shape index (κ3) is 3.23. The number of para-hydroxylation sites is 1. The smallest absolute Gasteiger partial charge is 0.354 e. The van der Waals surface area contributed by atoms with Crippen LogP contribution >= 0.6 is 0 Å². The van der Waals surface area contributed by atoms with Crippen LogP contribution in [-0.2, 0) is 13.6 Å². The Hall–Kier alpha value is -3.72. The van der Waals surface area contributed by atoms with E-state index in [1.165, 1.54) is 6.20 Å². The Morgan fingerprint density at radius 1 is 1.16 bits per heavy atom. The Labute approximate surface area is 177 Å². The molecule has 158 valence electrons. The molecule has 4 aromatic rings. The number of pyridine rings is 1. The van der Waals surface area contributed by atoms with E-state index in [-0.39, 0.29) is 17.4 Å². The molecule has 1 aliphatic heterocycles. The number of imidazole rings is 2. The number of nitrogens with zero attached hydrogens (tertiary/aromatic N) is 6. The second-order valence-corrected chi connectivity index (χ2v) is 7.77. The van der Waals surface area contributed by atoms with Crippen molar-refractivity contribution in [1.29, 1.82) is 0 Å².